The standard InChI is InChI=1S/C4H7N3.C3H4.C2H6.Cu/c1-4-3-7(2)6-5-4;1-3-2;1-2;/h3H,1-2H3;1H,2H3;1-2H3;. The van der Waals surface area contributed by atoms with Gasteiger partial charge in [0.2, 0.25) is 0 Å². The van der Waals surface area contributed by atoms with Crippen LogP contribution in [0.25, 0.3) is 0 Å². The van der Waals surface area contributed by atoms with Gasteiger partial charge in [0.15, 0.2) is 0 Å². The minimum absolute atomic E-state index is 0. The van der Waals surface area contributed by atoms with Gasteiger partial charge in [-0.05, 0) is 13.8 Å². The van der Waals surface area contributed by atoms with Crippen LogP contribution in [0, 0.1) is 19.3 Å². The van der Waals surface area contributed by atoms with Crippen LogP contribution in [0.4, 0.5) is 0 Å². The van der Waals surface area contributed by atoms with Crippen LogP contribution in [0.2, 0.25) is 0 Å². The molecule has 3 nitrogen and oxygen atoms in total. The van der Waals surface area contributed by atoms with Crippen molar-refractivity contribution < 1.29 is 17.1 Å². The molecular weight excluding hydrogens is 214 g/mol. The fourth-order valence-electron chi connectivity index (χ4n) is 0.463. The molecule has 0 atom stereocenters. The quantitative estimate of drug-likeness (QED) is 0.503. The molecule has 1 aromatic heterocycles. The summed E-state index contributed by atoms with van der Waals surface area (Å²) in [5.41, 5.74) is 0.961. The first-order chi connectivity index (χ1) is 5.70. The Bertz CT molecular complexity index is 209. The number of nitrogens with zero attached hydrogens (tertiary/aromatic N) is 3. The molecule has 0 spiro atoms. The molecule has 0 aliphatic carbocycles. The van der Waals surface area contributed by atoms with Crippen molar-refractivity contribution in [2.24, 2.45) is 7.05 Å². The Morgan fingerprint density at radius 3 is 1.92 bits per heavy atom. The van der Waals surface area contributed by atoms with E-state index in [4.69, 9.17) is 0 Å². The van der Waals surface area contributed by atoms with Gasteiger partial charge in [0.1, 0.15) is 0 Å². The zero-order valence-electron chi connectivity index (χ0n) is 8.80. The first-order valence-electron chi connectivity index (χ1n) is 3.91. The van der Waals surface area contributed by atoms with E-state index in [0.717, 1.165) is 5.69 Å². The van der Waals surface area contributed by atoms with Crippen molar-refractivity contribution >= 4 is 0 Å². The average molecular weight is 231 g/mol. The second-order valence-electron chi connectivity index (χ2n) is 1.82. The molecule has 0 aliphatic rings. The second kappa shape index (κ2) is 13.8. The van der Waals surface area contributed by atoms with Crippen molar-refractivity contribution in [3.8, 4) is 12.3 Å². The molecule has 1 rings (SSSR count). The van der Waals surface area contributed by atoms with Crippen molar-refractivity contribution in [2.75, 3.05) is 0 Å². The third-order valence-electron chi connectivity index (χ3n) is 0.717. The maximum atomic E-state index is 4.60. The Hall–Kier alpha value is -0.781. The molecule has 0 amide bonds. The Balaban J connectivity index is -0.000000146. The number of rotatable bonds is 0. The molecule has 0 bridgehead atoms. The van der Waals surface area contributed by atoms with Gasteiger partial charge < -0.3 is 0 Å². The number of aromatic nitrogens is 3. The van der Waals surface area contributed by atoms with E-state index in [-0.39, 0.29) is 17.1 Å². The SMILES string of the molecule is C#CC.CC.Cc1cn(C)nn1.[Cu]. The first-order valence-corrected chi connectivity index (χ1v) is 3.91. The molecule has 13 heavy (non-hydrogen) atoms. The van der Waals surface area contributed by atoms with Crippen molar-refractivity contribution in [3.63, 3.8) is 0 Å². The Kier molecular flexibility index (Phi) is 19.2. The number of hydrogen-bond acceptors (Lipinski definition) is 2. The third-order valence-corrected chi connectivity index (χ3v) is 0.717. The molecule has 79 valence electrons. The second-order valence-corrected chi connectivity index (χ2v) is 1.82. The van der Waals surface area contributed by atoms with Crippen molar-refractivity contribution in [2.45, 2.75) is 27.7 Å². The van der Waals surface area contributed by atoms with E-state index in [2.05, 4.69) is 22.7 Å². The summed E-state index contributed by atoms with van der Waals surface area (Å²) in [6.07, 6.45) is 6.46. The summed E-state index contributed by atoms with van der Waals surface area (Å²) in [6.45, 7) is 7.56. The van der Waals surface area contributed by atoms with Crippen molar-refractivity contribution in [1.82, 2.24) is 15.0 Å². The monoisotopic (exact) mass is 230 g/mol. The minimum Gasteiger partial charge on any atom is -0.255 e. The van der Waals surface area contributed by atoms with Crippen LogP contribution >= 0.6 is 0 Å². The molecular formula is C9H17CuN3. The summed E-state index contributed by atoms with van der Waals surface area (Å²) in [4.78, 5) is 0. The van der Waals surface area contributed by atoms with E-state index >= 15 is 0 Å². The molecule has 0 fully saturated rings. The average Bonchev–Trinajstić information content (AvgIpc) is 2.40. The summed E-state index contributed by atoms with van der Waals surface area (Å²) in [6, 6.07) is 0. The van der Waals surface area contributed by atoms with Gasteiger partial charge in [0.05, 0.1) is 5.69 Å². The molecule has 1 aromatic rings. The summed E-state index contributed by atoms with van der Waals surface area (Å²) >= 11 is 0. The molecule has 0 saturated heterocycles. The number of hydrogen-bond donors (Lipinski definition) is 0. The van der Waals surface area contributed by atoms with Crippen molar-refractivity contribution in [3.05, 3.63) is 11.9 Å². The minimum atomic E-state index is 0. The van der Waals surface area contributed by atoms with Crippen LogP contribution in [-0.4, -0.2) is 15.0 Å². The van der Waals surface area contributed by atoms with Crippen LogP contribution in [0.3, 0.4) is 0 Å². The van der Waals surface area contributed by atoms with Crippen LogP contribution in [-0.2, 0) is 24.1 Å². The normalized spacial score (nSPS) is 6.15. The summed E-state index contributed by atoms with van der Waals surface area (Å²) < 4.78 is 1.68. The van der Waals surface area contributed by atoms with Crippen molar-refractivity contribution in [1.29, 1.82) is 0 Å². The van der Waals surface area contributed by atoms with Gasteiger partial charge in [0, 0.05) is 30.3 Å². The van der Waals surface area contributed by atoms with E-state index in [9.17, 15) is 0 Å². The number of aryl methyl sites for hydroxylation is 2. The Morgan fingerprint density at radius 2 is 1.85 bits per heavy atom. The molecule has 0 unspecified atom stereocenters. The van der Waals surface area contributed by atoms with Gasteiger partial charge in [-0.25, -0.2) is 0 Å². The Morgan fingerprint density at radius 1 is 1.46 bits per heavy atom. The fraction of sp³-hybridized carbons (Fsp3) is 0.556. The van der Waals surface area contributed by atoms with E-state index in [1.54, 1.807) is 11.6 Å². The topological polar surface area (TPSA) is 30.7 Å². The summed E-state index contributed by atoms with van der Waals surface area (Å²) in [5, 5.41) is 7.41. The molecule has 0 aliphatic heterocycles. The number of terminal acetylenes is 1. The molecule has 0 saturated carbocycles. The predicted molar refractivity (Wildman–Crippen MR) is 51.6 cm³/mol. The zero-order valence-corrected chi connectivity index (χ0v) is 9.74. The van der Waals surface area contributed by atoms with Crippen LogP contribution in [0.1, 0.15) is 26.5 Å². The van der Waals surface area contributed by atoms with E-state index < -0.39 is 0 Å². The predicted octanol–water partition coefficient (Wildman–Crippen LogP) is 1.79. The molecule has 0 N–H and O–H groups in total. The molecule has 0 aromatic carbocycles. The first kappa shape index (κ1) is 18.1. The van der Waals surface area contributed by atoms with E-state index in [1.807, 2.05) is 34.0 Å². The zero-order chi connectivity index (χ0) is 9.98. The van der Waals surface area contributed by atoms with Gasteiger partial charge in [-0.1, -0.05) is 19.1 Å². The summed E-state index contributed by atoms with van der Waals surface area (Å²) in [7, 11) is 1.85. The largest absolute Gasteiger partial charge is 0.255 e. The van der Waals surface area contributed by atoms with Crippen LogP contribution in [0.15, 0.2) is 6.20 Å². The maximum absolute atomic E-state index is 4.60. The molecule has 1 heterocycles. The fourth-order valence-corrected chi connectivity index (χ4v) is 0.463. The van der Waals surface area contributed by atoms with E-state index in [0.29, 0.717) is 0 Å². The van der Waals surface area contributed by atoms with Crippen LogP contribution in [0.5, 0.6) is 0 Å². The van der Waals surface area contributed by atoms with Gasteiger partial charge in [-0.15, -0.1) is 17.4 Å². The summed E-state index contributed by atoms with van der Waals surface area (Å²) in [5.74, 6) is 2.25. The van der Waals surface area contributed by atoms with Gasteiger partial charge in [-0.2, -0.15) is 0 Å². The Labute approximate surface area is 91.4 Å². The van der Waals surface area contributed by atoms with Gasteiger partial charge in [0.25, 0.3) is 0 Å². The van der Waals surface area contributed by atoms with E-state index in [1.165, 1.54) is 0 Å². The van der Waals surface area contributed by atoms with Crippen LogP contribution < -0.4 is 0 Å². The molecule has 1 radical (unpaired) electrons. The van der Waals surface area contributed by atoms with Gasteiger partial charge >= 0.3 is 0 Å². The van der Waals surface area contributed by atoms with Gasteiger partial charge in [-0.3, -0.25) is 4.68 Å². The molecule has 4 heteroatoms. The third kappa shape index (κ3) is 14.1. The maximum Gasteiger partial charge on any atom is 0.0796 e. The smallest absolute Gasteiger partial charge is 0.0796 e.